The molecule has 0 aliphatic heterocycles. The fraction of sp³-hybridized carbons (Fsp3) is 0.0714. The number of nitrogens with two attached hydrogens (primary N) is 1. The third kappa shape index (κ3) is 4.01. The summed E-state index contributed by atoms with van der Waals surface area (Å²) >= 11 is 3.10. The normalized spacial score (nSPS) is 12.1. The Bertz CT molecular complexity index is 1020. The number of carbonyl (C=O) groups is 1. The molecule has 0 unspecified atom stereocenters. The van der Waals surface area contributed by atoms with Crippen LogP contribution in [0.2, 0.25) is 0 Å². The predicted molar refractivity (Wildman–Crippen MR) is 90.0 cm³/mol. The highest BCUT2D eigenvalue weighted by Crippen LogP contribution is 2.25. The highest BCUT2D eigenvalue weighted by Gasteiger charge is 2.27. The predicted octanol–water partition coefficient (Wildman–Crippen LogP) is 1.46. The van der Waals surface area contributed by atoms with Gasteiger partial charge in [-0.25, -0.2) is 22.0 Å². The summed E-state index contributed by atoms with van der Waals surface area (Å²) < 4.78 is 48.4. The van der Waals surface area contributed by atoms with Crippen molar-refractivity contribution >= 4 is 41.6 Å². The Morgan fingerprint density at radius 3 is 2.17 bits per heavy atom. The molecule has 2 aromatic rings. The number of sulfone groups is 1. The maximum Gasteiger partial charge on any atom is 0.239 e. The molecule has 0 fully saturated rings. The molecular weight excluding hydrogens is 422 g/mol. The van der Waals surface area contributed by atoms with E-state index in [1.165, 1.54) is 30.3 Å². The van der Waals surface area contributed by atoms with Crippen LogP contribution in [0.15, 0.2) is 56.7 Å². The molecule has 0 aliphatic carbocycles. The van der Waals surface area contributed by atoms with Gasteiger partial charge in [0, 0.05) is 4.47 Å². The lowest BCUT2D eigenvalue weighted by Gasteiger charge is -2.09. The number of halogens is 1. The van der Waals surface area contributed by atoms with Crippen molar-refractivity contribution in [3.05, 3.63) is 52.5 Å². The number of Topliss-reactive ketones (excluding diaryl/α,β-unsaturated/α-hetero) is 1. The third-order valence-corrected chi connectivity index (χ3v) is 6.33. The van der Waals surface area contributed by atoms with Gasteiger partial charge in [-0.3, -0.25) is 4.79 Å². The number of ketones is 1. The molecule has 0 saturated heterocycles. The zero-order valence-electron chi connectivity index (χ0n) is 12.0. The molecule has 0 heterocycles. The highest BCUT2D eigenvalue weighted by molar-refractivity contribution is 9.10. The van der Waals surface area contributed by atoms with Crippen molar-refractivity contribution in [2.75, 3.05) is 5.75 Å². The first-order valence-electron chi connectivity index (χ1n) is 6.38. The van der Waals surface area contributed by atoms with Crippen LogP contribution in [0.3, 0.4) is 0 Å². The second-order valence-corrected chi connectivity index (χ2v) is 9.24. The number of hydrogen-bond donors (Lipinski definition) is 2. The van der Waals surface area contributed by atoms with E-state index in [-0.39, 0.29) is 11.3 Å². The van der Waals surface area contributed by atoms with E-state index in [0.29, 0.717) is 4.47 Å². The van der Waals surface area contributed by atoms with Crippen LogP contribution in [-0.2, 0) is 19.9 Å². The van der Waals surface area contributed by atoms with Crippen LogP contribution >= 0.6 is 15.9 Å². The molecule has 0 aromatic heterocycles. The second-order valence-electron chi connectivity index (χ2n) is 4.84. The van der Waals surface area contributed by atoms with Gasteiger partial charge in [-0.1, -0.05) is 28.1 Å². The number of primary sulfonamides is 1. The Morgan fingerprint density at radius 1 is 1.04 bits per heavy atom. The number of hydrogen-bond acceptors (Lipinski definition) is 6. The maximum absolute atomic E-state index is 12.4. The van der Waals surface area contributed by atoms with Gasteiger partial charge in [-0.2, -0.15) is 0 Å². The standard InChI is InChI=1S/C14H12BrNO6S2/c15-9-5-6-10(11(17)7-9)12(18)8-23(19,20)13-3-1-2-4-14(13)24(16,21)22/h1-7,17H,8H2,(H2,16,21,22). The molecular formula is C14H12BrNO6S2. The number of rotatable bonds is 5. The molecule has 0 aliphatic rings. The molecule has 2 rings (SSSR count). The molecule has 0 radical (unpaired) electrons. The van der Waals surface area contributed by atoms with Crippen LogP contribution in [0.25, 0.3) is 0 Å². The maximum atomic E-state index is 12.4. The molecule has 0 atom stereocenters. The van der Waals surface area contributed by atoms with E-state index >= 15 is 0 Å². The minimum Gasteiger partial charge on any atom is -0.507 e. The largest absolute Gasteiger partial charge is 0.507 e. The van der Waals surface area contributed by atoms with Crippen molar-refractivity contribution in [3.63, 3.8) is 0 Å². The minimum absolute atomic E-state index is 0.185. The Morgan fingerprint density at radius 2 is 1.62 bits per heavy atom. The Hall–Kier alpha value is -1.75. The summed E-state index contributed by atoms with van der Waals surface area (Å²) in [7, 11) is -8.56. The number of benzene rings is 2. The van der Waals surface area contributed by atoms with Gasteiger partial charge in [0.25, 0.3) is 0 Å². The number of aromatic hydroxyl groups is 1. The van der Waals surface area contributed by atoms with E-state index in [4.69, 9.17) is 5.14 Å². The van der Waals surface area contributed by atoms with Crippen LogP contribution in [0.5, 0.6) is 5.75 Å². The van der Waals surface area contributed by atoms with Crippen molar-refractivity contribution < 1.29 is 26.7 Å². The van der Waals surface area contributed by atoms with Crippen molar-refractivity contribution in [2.24, 2.45) is 5.14 Å². The molecule has 7 nitrogen and oxygen atoms in total. The van der Waals surface area contributed by atoms with Gasteiger partial charge in [0.05, 0.1) is 10.5 Å². The molecule has 128 valence electrons. The Labute approximate surface area is 147 Å². The van der Waals surface area contributed by atoms with Crippen molar-refractivity contribution in [3.8, 4) is 5.75 Å². The molecule has 3 N–H and O–H groups in total. The van der Waals surface area contributed by atoms with Gasteiger partial charge >= 0.3 is 0 Å². The fourth-order valence-electron chi connectivity index (χ4n) is 2.01. The monoisotopic (exact) mass is 433 g/mol. The van der Waals surface area contributed by atoms with Crippen LogP contribution < -0.4 is 5.14 Å². The zero-order chi connectivity index (χ0) is 18.1. The number of sulfonamides is 1. The summed E-state index contributed by atoms with van der Waals surface area (Å²) in [4.78, 5) is 11.0. The van der Waals surface area contributed by atoms with Crippen molar-refractivity contribution in [1.82, 2.24) is 0 Å². The summed E-state index contributed by atoms with van der Waals surface area (Å²) in [6.07, 6.45) is 0. The molecule has 0 spiro atoms. The van der Waals surface area contributed by atoms with Crippen LogP contribution in [0, 0.1) is 0 Å². The first-order valence-corrected chi connectivity index (χ1v) is 10.4. The van der Waals surface area contributed by atoms with E-state index < -0.39 is 41.2 Å². The second kappa shape index (κ2) is 6.63. The van der Waals surface area contributed by atoms with E-state index in [1.54, 1.807) is 0 Å². The average molecular weight is 434 g/mol. The van der Waals surface area contributed by atoms with Gasteiger partial charge in [-0.05, 0) is 30.3 Å². The topological polar surface area (TPSA) is 132 Å². The van der Waals surface area contributed by atoms with Gasteiger partial charge in [0.15, 0.2) is 15.6 Å². The van der Waals surface area contributed by atoms with E-state index in [1.807, 2.05) is 0 Å². The SMILES string of the molecule is NS(=O)(=O)c1ccccc1S(=O)(=O)CC(=O)c1ccc(Br)cc1O. The average Bonchev–Trinajstić information content (AvgIpc) is 2.45. The summed E-state index contributed by atoms with van der Waals surface area (Å²) in [5.74, 6) is -2.26. The van der Waals surface area contributed by atoms with Gasteiger partial charge in [0.1, 0.15) is 16.4 Å². The number of phenolic OH excluding ortho intramolecular Hbond substituents is 1. The van der Waals surface area contributed by atoms with Gasteiger partial charge < -0.3 is 5.11 Å². The van der Waals surface area contributed by atoms with Crippen molar-refractivity contribution in [2.45, 2.75) is 9.79 Å². The van der Waals surface area contributed by atoms with Crippen molar-refractivity contribution in [1.29, 1.82) is 0 Å². The first kappa shape index (κ1) is 18.6. The van der Waals surface area contributed by atoms with Crippen LogP contribution in [0.1, 0.15) is 10.4 Å². The summed E-state index contributed by atoms with van der Waals surface area (Å²) in [6.45, 7) is 0. The third-order valence-electron chi connectivity index (χ3n) is 3.07. The molecule has 0 bridgehead atoms. The fourth-order valence-corrected chi connectivity index (χ4v) is 5.02. The van der Waals surface area contributed by atoms with E-state index in [2.05, 4.69) is 15.9 Å². The van der Waals surface area contributed by atoms with E-state index in [0.717, 1.165) is 12.1 Å². The van der Waals surface area contributed by atoms with E-state index in [9.17, 15) is 26.7 Å². The molecule has 10 heteroatoms. The number of carbonyl (C=O) groups excluding carboxylic acids is 1. The number of phenols is 1. The summed E-state index contributed by atoms with van der Waals surface area (Å²) in [5.41, 5.74) is -0.185. The minimum atomic E-state index is -4.28. The summed E-state index contributed by atoms with van der Waals surface area (Å²) in [5, 5.41) is 14.8. The lowest BCUT2D eigenvalue weighted by Crippen LogP contribution is -2.21. The molecule has 24 heavy (non-hydrogen) atoms. The first-order chi connectivity index (χ1) is 11.0. The van der Waals surface area contributed by atoms with Crippen LogP contribution in [-0.4, -0.2) is 33.5 Å². The molecule has 0 saturated carbocycles. The lowest BCUT2D eigenvalue weighted by atomic mass is 10.1. The zero-order valence-corrected chi connectivity index (χ0v) is 15.2. The Kier molecular flexibility index (Phi) is 5.14. The smallest absolute Gasteiger partial charge is 0.239 e. The van der Waals surface area contributed by atoms with Gasteiger partial charge in [-0.15, -0.1) is 0 Å². The Balaban J connectivity index is 2.45. The highest BCUT2D eigenvalue weighted by atomic mass is 79.9. The van der Waals surface area contributed by atoms with Crippen LogP contribution in [0.4, 0.5) is 0 Å². The summed E-state index contributed by atoms with van der Waals surface area (Å²) in [6, 6.07) is 8.73. The molecule has 2 aromatic carbocycles. The van der Waals surface area contributed by atoms with Gasteiger partial charge in [0.2, 0.25) is 10.0 Å². The molecule has 0 amide bonds. The quantitative estimate of drug-likeness (QED) is 0.685. The lowest BCUT2D eigenvalue weighted by molar-refractivity contribution is 0.101.